The number of pyridine rings is 1. The molecule has 5 nitrogen and oxygen atoms in total. The van der Waals surface area contributed by atoms with E-state index in [9.17, 15) is 15.0 Å². The van der Waals surface area contributed by atoms with Gasteiger partial charge in [-0.3, -0.25) is 0 Å². The van der Waals surface area contributed by atoms with Gasteiger partial charge in [0, 0.05) is 22.3 Å². The van der Waals surface area contributed by atoms with Gasteiger partial charge in [0.25, 0.3) is 0 Å². The highest BCUT2D eigenvalue weighted by Gasteiger charge is 2.12. The maximum atomic E-state index is 10.6. The Kier molecular flexibility index (Phi) is 7.78. The largest absolute Gasteiger partial charge is 0.545 e. The maximum Gasteiger partial charge on any atom is 0.129 e. The number of carboxylic acids is 1. The van der Waals surface area contributed by atoms with Gasteiger partial charge in [0.1, 0.15) is 11.3 Å². The normalized spacial score (nSPS) is 14.2. The number of carboxylic acid groups (broad SMARTS) is 1. The van der Waals surface area contributed by atoms with E-state index in [1.165, 1.54) is 4.88 Å². The zero-order valence-electron chi connectivity index (χ0n) is 14.7. The molecule has 140 valence electrons. The topological polar surface area (TPSA) is 85.3 Å². The average Bonchev–Trinajstić information content (AvgIpc) is 3.06. The molecule has 0 bridgehead atoms. The van der Waals surface area contributed by atoms with E-state index in [4.69, 9.17) is 11.6 Å². The molecule has 0 spiro atoms. The van der Waals surface area contributed by atoms with Crippen LogP contribution in [0.15, 0.2) is 36.4 Å². The van der Waals surface area contributed by atoms with Gasteiger partial charge in [0.2, 0.25) is 0 Å². The van der Waals surface area contributed by atoms with Crippen molar-refractivity contribution >= 4 is 34.5 Å². The van der Waals surface area contributed by atoms with Crippen LogP contribution in [0.25, 0.3) is 5.57 Å². The van der Waals surface area contributed by atoms with Crippen molar-refractivity contribution in [1.29, 1.82) is 0 Å². The lowest BCUT2D eigenvalue weighted by atomic mass is 10.1. The van der Waals surface area contributed by atoms with Gasteiger partial charge in [0.15, 0.2) is 0 Å². The Hall–Kier alpha value is -1.73. The van der Waals surface area contributed by atoms with E-state index in [1.54, 1.807) is 36.5 Å². The molecule has 2 heterocycles. The van der Waals surface area contributed by atoms with Crippen LogP contribution in [-0.2, 0) is 11.2 Å². The fourth-order valence-corrected chi connectivity index (χ4v) is 3.62. The Morgan fingerprint density at radius 1 is 1.42 bits per heavy atom. The molecule has 0 aliphatic carbocycles. The third-order valence-corrected chi connectivity index (χ3v) is 5.44. The van der Waals surface area contributed by atoms with Gasteiger partial charge in [-0.2, -0.15) is 0 Å². The van der Waals surface area contributed by atoms with Crippen LogP contribution in [-0.4, -0.2) is 28.6 Å². The van der Waals surface area contributed by atoms with E-state index in [1.807, 2.05) is 12.1 Å². The van der Waals surface area contributed by atoms with Crippen molar-refractivity contribution in [3.05, 3.63) is 57.0 Å². The summed E-state index contributed by atoms with van der Waals surface area (Å²) in [6.07, 6.45) is 2.19. The zero-order valence-corrected chi connectivity index (χ0v) is 16.3. The molecule has 7 heteroatoms. The first-order valence-electron chi connectivity index (χ1n) is 8.37. The highest BCUT2D eigenvalue weighted by molar-refractivity contribution is 7.13. The molecule has 2 rings (SSSR count). The van der Waals surface area contributed by atoms with E-state index in [-0.39, 0.29) is 6.04 Å². The fourth-order valence-electron chi connectivity index (χ4n) is 2.46. The summed E-state index contributed by atoms with van der Waals surface area (Å²) in [4.78, 5) is 16.9. The standard InChI is InChI=1S/C19H23ClN2O3S/c1-12(10-19(24)25)17-9-8-14(26-17)7-6-13(2)21-11-16(23)15-4-3-5-18(20)22-15/h3-5,8-10,13,16,21,23H,6-7,11H2,1-2H3,(H,24,25)/p-1/b12-10+. The van der Waals surface area contributed by atoms with Crippen molar-refractivity contribution in [2.45, 2.75) is 38.8 Å². The molecule has 26 heavy (non-hydrogen) atoms. The van der Waals surface area contributed by atoms with E-state index in [2.05, 4.69) is 17.2 Å². The van der Waals surface area contributed by atoms with Crippen molar-refractivity contribution in [1.82, 2.24) is 10.3 Å². The van der Waals surface area contributed by atoms with E-state index >= 15 is 0 Å². The third-order valence-electron chi connectivity index (χ3n) is 3.95. The molecular weight excluding hydrogens is 372 g/mol. The molecule has 0 aliphatic heterocycles. The Balaban J connectivity index is 1.79. The number of aliphatic hydroxyl groups excluding tert-OH is 1. The minimum Gasteiger partial charge on any atom is -0.545 e. The number of rotatable bonds is 9. The number of thiophene rings is 1. The predicted molar refractivity (Wildman–Crippen MR) is 103 cm³/mol. The van der Waals surface area contributed by atoms with Crippen LogP contribution >= 0.6 is 22.9 Å². The molecule has 0 aliphatic rings. The van der Waals surface area contributed by atoms with Gasteiger partial charge < -0.3 is 20.3 Å². The third kappa shape index (κ3) is 6.53. The van der Waals surface area contributed by atoms with E-state index in [0.29, 0.717) is 23.0 Å². The SMILES string of the molecule is C/C(=C\C(=O)[O-])c1ccc(CCC(C)NCC(O)c2cccc(Cl)n2)s1. The first-order valence-corrected chi connectivity index (χ1v) is 9.57. The molecule has 0 fully saturated rings. The highest BCUT2D eigenvalue weighted by Crippen LogP contribution is 2.25. The minimum atomic E-state index is -1.18. The van der Waals surface area contributed by atoms with Gasteiger partial charge in [0.05, 0.1) is 11.7 Å². The Morgan fingerprint density at radius 2 is 2.19 bits per heavy atom. The Labute approximate surface area is 162 Å². The lowest BCUT2D eigenvalue weighted by molar-refractivity contribution is -0.297. The molecule has 2 atom stereocenters. The number of allylic oxidation sites excluding steroid dienone is 1. The summed E-state index contributed by atoms with van der Waals surface area (Å²) in [5.74, 6) is -1.18. The van der Waals surface area contributed by atoms with Gasteiger partial charge in [-0.05, 0) is 62.6 Å². The summed E-state index contributed by atoms with van der Waals surface area (Å²) in [6, 6.07) is 9.36. The fraction of sp³-hybridized carbons (Fsp3) is 0.368. The number of halogens is 1. The smallest absolute Gasteiger partial charge is 0.129 e. The molecule has 0 saturated carbocycles. The number of aryl methyl sites for hydroxylation is 1. The van der Waals surface area contributed by atoms with E-state index in [0.717, 1.165) is 23.8 Å². The summed E-state index contributed by atoms with van der Waals surface area (Å²) in [5.41, 5.74) is 1.25. The van der Waals surface area contributed by atoms with Gasteiger partial charge >= 0.3 is 0 Å². The number of aromatic nitrogens is 1. The first-order chi connectivity index (χ1) is 12.3. The summed E-state index contributed by atoms with van der Waals surface area (Å²) in [5, 5.41) is 24.5. The molecule has 0 amide bonds. The van der Waals surface area contributed by atoms with Gasteiger partial charge in [-0.1, -0.05) is 17.7 Å². The molecule has 0 aromatic carbocycles. The number of aliphatic hydroxyl groups is 1. The molecule has 0 radical (unpaired) electrons. The average molecular weight is 394 g/mol. The number of nitrogens with one attached hydrogen (secondary N) is 1. The van der Waals surface area contributed by atoms with Crippen LogP contribution in [0.2, 0.25) is 5.15 Å². The Bertz CT molecular complexity index is 776. The van der Waals surface area contributed by atoms with Crippen molar-refractivity contribution < 1.29 is 15.0 Å². The number of aliphatic carboxylic acids is 1. The van der Waals surface area contributed by atoms with Gasteiger partial charge in [-0.25, -0.2) is 4.98 Å². The summed E-state index contributed by atoms with van der Waals surface area (Å²) < 4.78 is 0. The van der Waals surface area contributed by atoms with Crippen LogP contribution in [0, 0.1) is 0 Å². The van der Waals surface area contributed by atoms with Crippen LogP contribution in [0.1, 0.15) is 41.8 Å². The molecule has 2 aromatic heterocycles. The number of carbonyl (C=O) groups excluding carboxylic acids is 1. The predicted octanol–water partition coefficient (Wildman–Crippen LogP) is 2.59. The second kappa shape index (κ2) is 9.83. The van der Waals surface area contributed by atoms with Crippen LogP contribution in [0.4, 0.5) is 0 Å². The van der Waals surface area contributed by atoms with Crippen LogP contribution in [0.3, 0.4) is 0 Å². The minimum absolute atomic E-state index is 0.217. The van der Waals surface area contributed by atoms with Crippen molar-refractivity contribution in [3.63, 3.8) is 0 Å². The highest BCUT2D eigenvalue weighted by atomic mass is 35.5. The number of carbonyl (C=O) groups is 1. The zero-order chi connectivity index (χ0) is 19.1. The second-order valence-electron chi connectivity index (χ2n) is 6.16. The summed E-state index contributed by atoms with van der Waals surface area (Å²) >= 11 is 7.43. The molecule has 0 saturated heterocycles. The summed E-state index contributed by atoms with van der Waals surface area (Å²) in [7, 11) is 0. The second-order valence-corrected chi connectivity index (χ2v) is 7.72. The van der Waals surface area contributed by atoms with Crippen molar-refractivity contribution in [2.24, 2.45) is 0 Å². The Morgan fingerprint density at radius 3 is 2.88 bits per heavy atom. The number of hydrogen-bond acceptors (Lipinski definition) is 6. The van der Waals surface area contributed by atoms with Gasteiger partial charge in [-0.15, -0.1) is 11.3 Å². The lowest BCUT2D eigenvalue weighted by Gasteiger charge is -2.16. The lowest BCUT2D eigenvalue weighted by Crippen LogP contribution is -2.31. The monoisotopic (exact) mass is 393 g/mol. The number of hydrogen-bond donors (Lipinski definition) is 2. The quantitative estimate of drug-likeness (QED) is 0.505. The molecule has 2 unspecified atom stereocenters. The summed E-state index contributed by atoms with van der Waals surface area (Å²) in [6.45, 7) is 4.23. The van der Waals surface area contributed by atoms with Crippen molar-refractivity contribution in [3.8, 4) is 0 Å². The van der Waals surface area contributed by atoms with Crippen molar-refractivity contribution in [2.75, 3.05) is 6.54 Å². The first kappa shape index (κ1) is 20.6. The molecule has 2 aromatic rings. The number of nitrogens with zero attached hydrogens (tertiary/aromatic N) is 1. The van der Waals surface area contributed by atoms with E-state index < -0.39 is 12.1 Å². The maximum absolute atomic E-state index is 10.6. The molecular formula is C19H22ClN2O3S-. The van der Waals surface area contributed by atoms with Crippen LogP contribution < -0.4 is 10.4 Å². The molecule has 2 N–H and O–H groups in total. The van der Waals surface area contributed by atoms with Crippen LogP contribution in [0.5, 0.6) is 0 Å².